The molecule has 2 aromatic carbocycles. The molecule has 0 aliphatic rings. The van der Waals surface area contributed by atoms with Crippen LogP contribution in [0.2, 0.25) is 0 Å². The average molecular weight is 417 g/mol. The van der Waals surface area contributed by atoms with Gasteiger partial charge in [0.2, 0.25) is 5.91 Å². The topological polar surface area (TPSA) is 106 Å². The van der Waals surface area contributed by atoms with Gasteiger partial charge < -0.3 is 19.5 Å². The van der Waals surface area contributed by atoms with Gasteiger partial charge in [-0.15, -0.1) is 11.8 Å². The molecule has 1 N–H and O–H groups in total. The highest BCUT2D eigenvalue weighted by Gasteiger charge is 2.16. The number of ether oxygens (including phenoxy) is 3. The van der Waals surface area contributed by atoms with Gasteiger partial charge in [-0.1, -0.05) is 11.2 Å². The smallest absolute Gasteiger partial charge is 0.221 e. The molecule has 0 saturated carbocycles. The standard InChI is InChI=1S/C20H24N4O4S/c1-14(25)23-18-7-8-19(28-12-10-22-24-21)20(26-2)17(18)9-11-27-15-5-4-6-16(13-15)29-3/h4-8,13H,9-12H2,1-3H3,(H,23,25). The number of nitrogens with zero attached hydrogens (tertiary/aromatic N) is 3. The molecule has 0 bridgehead atoms. The summed E-state index contributed by atoms with van der Waals surface area (Å²) in [5, 5.41) is 6.27. The Kier molecular flexibility index (Phi) is 9.01. The summed E-state index contributed by atoms with van der Waals surface area (Å²) >= 11 is 1.65. The highest BCUT2D eigenvalue weighted by molar-refractivity contribution is 7.98. The van der Waals surface area contributed by atoms with Crippen molar-refractivity contribution in [1.82, 2.24) is 0 Å². The molecule has 154 valence electrons. The number of hydrogen-bond donors (Lipinski definition) is 1. The van der Waals surface area contributed by atoms with Crippen LogP contribution in [-0.4, -0.2) is 39.0 Å². The summed E-state index contributed by atoms with van der Waals surface area (Å²) in [4.78, 5) is 15.4. The lowest BCUT2D eigenvalue weighted by atomic mass is 10.1. The minimum Gasteiger partial charge on any atom is -0.493 e. The predicted molar refractivity (Wildman–Crippen MR) is 114 cm³/mol. The molecule has 0 spiro atoms. The fourth-order valence-electron chi connectivity index (χ4n) is 2.70. The molecule has 0 radical (unpaired) electrons. The number of methoxy groups -OCH3 is 1. The minimum absolute atomic E-state index is 0.182. The van der Waals surface area contributed by atoms with E-state index in [0.29, 0.717) is 30.2 Å². The van der Waals surface area contributed by atoms with E-state index in [1.807, 2.05) is 30.5 Å². The number of rotatable bonds is 11. The van der Waals surface area contributed by atoms with Gasteiger partial charge in [-0.25, -0.2) is 0 Å². The van der Waals surface area contributed by atoms with Crippen LogP contribution in [0.5, 0.6) is 17.2 Å². The van der Waals surface area contributed by atoms with Gasteiger partial charge in [-0.2, -0.15) is 0 Å². The first kappa shape index (κ1) is 22.3. The number of benzene rings is 2. The van der Waals surface area contributed by atoms with E-state index in [9.17, 15) is 4.79 Å². The molecule has 2 aromatic rings. The summed E-state index contributed by atoms with van der Waals surface area (Å²) in [6, 6.07) is 11.3. The van der Waals surface area contributed by atoms with Crippen LogP contribution in [0.25, 0.3) is 10.4 Å². The second kappa shape index (κ2) is 11.7. The summed E-state index contributed by atoms with van der Waals surface area (Å²) in [6.45, 7) is 2.27. The Hall–Kier alpha value is -3.03. The van der Waals surface area contributed by atoms with Gasteiger partial charge in [0.1, 0.15) is 5.75 Å². The minimum atomic E-state index is -0.182. The SMILES string of the molecule is COc1c(OCCN=[N+]=[N-])ccc(NC(C)=O)c1CCOc1cccc(SC)c1. The maximum Gasteiger partial charge on any atom is 0.221 e. The number of azide groups is 1. The van der Waals surface area contributed by atoms with Crippen LogP contribution in [0.15, 0.2) is 46.4 Å². The Labute approximate surface area is 174 Å². The Morgan fingerprint density at radius 3 is 2.76 bits per heavy atom. The summed E-state index contributed by atoms with van der Waals surface area (Å²) in [5.74, 6) is 1.62. The van der Waals surface area contributed by atoms with Crippen LogP contribution in [0.4, 0.5) is 5.69 Å². The zero-order valence-electron chi connectivity index (χ0n) is 16.7. The number of amides is 1. The maximum atomic E-state index is 11.6. The highest BCUT2D eigenvalue weighted by atomic mass is 32.2. The molecule has 0 aliphatic carbocycles. The van der Waals surface area contributed by atoms with Crippen molar-refractivity contribution in [3.63, 3.8) is 0 Å². The van der Waals surface area contributed by atoms with Crippen LogP contribution in [-0.2, 0) is 11.2 Å². The Balaban J connectivity index is 2.19. The molecule has 0 aliphatic heterocycles. The molecule has 8 nitrogen and oxygen atoms in total. The highest BCUT2D eigenvalue weighted by Crippen LogP contribution is 2.37. The molecule has 0 heterocycles. The second-order valence-corrected chi connectivity index (χ2v) is 6.76. The normalized spacial score (nSPS) is 10.0. The molecule has 29 heavy (non-hydrogen) atoms. The molecule has 0 atom stereocenters. The summed E-state index contributed by atoms with van der Waals surface area (Å²) < 4.78 is 17.1. The van der Waals surface area contributed by atoms with Crippen LogP contribution < -0.4 is 19.5 Å². The molecule has 2 rings (SSSR count). The lowest BCUT2D eigenvalue weighted by Crippen LogP contribution is -2.12. The van der Waals surface area contributed by atoms with Crippen molar-refractivity contribution < 1.29 is 19.0 Å². The zero-order chi connectivity index (χ0) is 21.1. The number of thioether (sulfide) groups is 1. The first-order valence-corrected chi connectivity index (χ1v) is 10.2. The first-order chi connectivity index (χ1) is 14.1. The Morgan fingerprint density at radius 1 is 1.24 bits per heavy atom. The number of nitrogens with one attached hydrogen (secondary N) is 1. The first-order valence-electron chi connectivity index (χ1n) is 8.97. The van der Waals surface area contributed by atoms with E-state index < -0.39 is 0 Å². The van der Waals surface area contributed by atoms with E-state index in [0.717, 1.165) is 16.2 Å². The predicted octanol–water partition coefficient (Wildman–Crippen LogP) is 4.69. The number of anilines is 1. The lowest BCUT2D eigenvalue weighted by molar-refractivity contribution is -0.114. The van der Waals surface area contributed by atoms with E-state index in [4.69, 9.17) is 19.7 Å². The molecule has 1 amide bonds. The van der Waals surface area contributed by atoms with Crippen molar-refractivity contribution in [2.75, 3.05) is 38.4 Å². The van der Waals surface area contributed by atoms with Gasteiger partial charge in [-0.05, 0) is 42.1 Å². The van der Waals surface area contributed by atoms with Gasteiger partial charge in [0.15, 0.2) is 11.5 Å². The summed E-state index contributed by atoms with van der Waals surface area (Å²) in [5.41, 5.74) is 9.78. The number of carbonyl (C=O) groups is 1. The summed E-state index contributed by atoms with van der Waals surface area (Å²) in [6.07, 6.45) is 2.51. The van der Waals surface area contributed by atoms with E-state index in [1.165, 1.54) is 6.92 Å². The van der Waals surface area contributed by atoms with Crippen LogP contribution in [0, 0.1) is 0 Å². The fraction of sp³-hybridized carbons (Fsp3) is 0.350. The van der Waals surface area contributed by atoms with Crippen molar-refractivity contribution in [3.05, 3.63) is 52.4 Å². The van der Waals surface area contributed by atoms with Crippen molar-refractivity contribution in [2.45, 2.75) is 18.2 Å². The van der Waals surface area contributed by atoms with Gasteiger partial charge >= 0.3 is 0 Å². The maximum absolute atomic E-state index is 11.6. The van der Waals surface area contributed by atoms with Crippen LogP contribution in [0.1, 0.15) is 12.5 Å². The third-order valence-electron chi connectivity index (χ3n) is 3.91. The summed E-state index contributed by atoms with van der Waals surface area (Å²) in [7, 11) is 1.54. The number of carbonyl (C=O) groups excluding carboxylic acids is 1. The molecule has 0 fully saturated rings. The van der Waals surface area contributed by atoms with Gasteiger partial charge in [-0.3, -0.25) is 4.79 Å². The van der Waals surface area contributed by atoms with Crippen molar-refractivity contribution in [2.24, 2.45) is 5.11 Å². The quantitative estimate of drug-likeness (QED) is 0.188. The molecule has 0 aromatic heterocycles. The zero-order valence-corrected chi connectivity index (χ0v) is 17.5. The van der Waals surface area contributed by atoms with E-state index in [-0.39, 0.29) is 19.1 Å². The van der Waals surface area contributed by atoms with Crippen LogP contribution in [0.3, 0.4) is 0 Å². The van der Waals surface area contributed by atoms with Gasteiger partial charge in [0.05, 0.1) is 26.9 Å². The molecule has 0 unspecified atom stereocenters. The third kappa shape index (κ3) is 6.81. The lowest BCUT2D eigenvalue weighted by Gasteiger charge is -2.18. The average Bonchev–Trinajstić information content (AvgIpc) is 2.72. The van der Waals surface area contributed by atoms with Crippen molar-refractivity contribution in [1.29, 1.82) is 0 Å². The monoisotopic (exact) mass is 416 g/mol. The van der Waals surface area contributed by atoms with E-state index in [1.54, 1.807) is 31.0 Å². The van der Waals surface area contributed by atoms with Gasteiger partial charge in [0.25, 0.3) is 0 Å². The molecule has 9 heteroatoms. The molecular weight excluding hydrogens is 392 g/mol. The third-order valence-corrected chi connectivity index (χ3v) is 4.64. The van der Waals surface area contributed by atoms with Crippen LogP contribution >= 0.6 is 11.8 Å². The van der Waals surface area contributed by atoms with E-state index >= 15 is 0 Å². The van der Waals surface area contributed by atoms with Crippen molar-refractivity contribution in [3.8, 4) is 17.2 Å². The molecule has 0 saturated heterocycles. The fourth-order valence-corrected chi connectivity index (χ4v) is 3.15. The Bertz CT molecular complexity index is 885. The second-order valence-electron chi connectivity index (χ2n) is 5.88. The van der Waals surface area contributed by atoms with E-state index in [2.05, 4.69) is 15.3 Å². The van der Waals surface area contributed by atoms with Gasteiger partial charge in [0, 0.05) is 34.4 Å². The Morgan fingerprint density at radius 2 is 2.07 bits per heavy atom. The largest absolute Gasteiger partial charge is 0.493 e. The molecular formula is C20H24N4O4S. The van der Waals surface area contributed by atoms with Crippen molar-refractivity contribution >= 4 is 23.4 Å². The number of hydrogen-bond acceptors (Lipinski definition) is 6.